The van der Waals surface area contributed by atoms with Crippen molar-refractivity contribution in [1.29, 1.82) is 5.26 Å². The lowest BCUT2D eigenvalue weighted by Crippen LogP contribution is -2.13. The second kappa shape index (κ2) is 10.0. The van der Waals surface area contributed by atoms with Gasteiger partial charge in [0.1, 0.15) is 11.6 Å². The van der Waals surface area contributed by atoms with Gasteiger partial charge in [0, 0.05) is 22.8 Å². The van der Waals surface area contributed by atoms with Gasteiger partial charge in [-0.05, 0) is 99.8 Å². The van der Waals surface area contributed by atoms with Crippen LogP contribution in [-0.2, 0) is 9.53 Å². The Hall–Kier alpha value is -4.11. The fraction of sp³-hybridized carbons (Fsp3) is 0.222. The minimum absolute atomic E-state index is 0.0196. The number of nitrogens with one attached hydrogen (secondary N) is 1. The van der Waals surface area contributed by atoms with Crippen LogP contribution in [0.1, 0.15) is 45.4 Å². The van der Waals surface area contributed by atoms with Gasteiger partial charge in [-0.2, -0.15) is 5.26 Å². The molecule has 0 atom stereocenters. The number of hydrogen-bond donors (Lipinski definition) is 1. The lowest BCUT2D eigenvalue weighted by molar-refractivity contribution is -0.112. The molecule has 3 rings (SSSR count). The van der Waals surface area contributed by atoms with E-state index in [1.165, 1.54) is 0 Å². The van der Waals surface area contributed by atoms with Crippen LogP contribution in [0, 0.1) is 39.0 Å². The van der Waals surface area contributed by atoms with Crippen LogP contribution in [0.15, 0.2) is 54.1 Å². The summed E-state index contributed by atoms with van der Waals surface area (Å²) < 4.78 is 7.05. The fourth-order valence-corrected chi connectivity index (χ4v) is 3.61. The molecule has 3 aromatic rings. The minimum Gasteiger partial charge on any atom is -0.462 e. The Morgan fingerprint density at radius 1 is 1.03 bits per heavy atom. The van der Waals surface area contributed by atoms with E-state index in [-0.39, 0.29) is 11.5 Å². The molecule has 0 bridgehead atoms. The third kappa shape index (κ3) is 5.21. The lowest BCUT2D eigenvalue weighted by Gasteiger charge is -2.11. The molecule has 0 spiro atoms. The molecule has 0 fully saturated rings. The van der Waals surface area contributed by atoms with Gasteiger partial charge in [0.05, 0.1) is 12.2 Å². The summed E-state index contributed by atoms with van der Waals surface area (Å²) >= 11 is 0. The molecule has 1 N–H and O–H groups in total. The summed E-state index contributed by atoms with van der Waals surface area (Å²) in [5.74, 6) is -0.814. The normalized spacial score (nSPS) is 11.1. The highest BCUT2D eigenvalue weighted by atomic mass is 16.5. The third-order valence-electron chi connectivity index (χ3n) is 5.54. The highest BCUT2D eigenvalue weighted by Gasteiger charge is 2.15. The topological polar surface area (TPSA) is 84.1 Å². The average molecular weight is 442 g/mol. The van der Waals surface area contributed by atoms with E-state index < -0.39 is 5.91 Å². The molecule has 6 nitrogen and oxygen atoms in total. The van der Waals surface area contributed by atoms with Crippen molar-refractivity contribution in [1.82, 2.24) is 4.57 Å². The number of amides is 1. The van der Waals surface area contributed by atoms with Crippen molar-refractivity contribution >= 4 is 23.6 Å². The Labute approximate surface area is 194 Å². The minimum atomic E-state index is -0.454. The number of hydrogen-bond acceptors (Lipinski definition) is 4. The summed E-state index contributed by atoms with van der Waals surface area (Å²) in [4.78, 5) is 24.6. The first-order valence-electron chi connectivity index (χ1n) is 10.7. The average Bonchev–Trinajstić information content (AvgIpc) is 3.07. The molecule has 0 aliphatic heterocycles. The fourth-order valence-electron chi connectivity index (χ4n) is 3.61. The van der Waals surface area contributed by atoms with Crippen molar-refractivity contribution in [2.24, 2.45) is 0 Å². The second-order valence-corrected chi connectivity index (χ2v) is 7.85. The molecular weight excluding hydrogens is 414 g/mol. The first-order valence-corrected chi connectivity index (χ1v) is 10.7. The van der Waals surface area contributed by atoms with Crippen LogP contribution in [0.2, 0.25) is 0 Å². The zero-order chi connectivity index (χ0) is 24.1. The third-order valence-corrected chi connectivity index (χ3v) is 5.54. The molecule has 0 saturated carbocycles. The summed E-state index contributed by atoms with van der Waals surface area (Å²) in [7, 11) is 0. The van der Waals surface area contributed by atoms with E-state index in [2.05, 4.69) is 5.32 Å². The van der Waals surface area contributed by atoms with Crippen LogP contribution in [-0.4, -0.2) is 23.1 Å². The Kier molecular flexibility index (Phi) is 7.14. The number of anilines is 1. The molecule has 0 unspecified atom stereocenters. The SMILES string of the molecule is CCOC(=O)c1ccc(-n2c(C)cc(C=C(C#N)C(=O)Nc3ccc(C)c(C)c3)c2C)cc1. The summed E-state index contributed by atoms with van der Waals surface area (Å²) in [5.41, 5.74) is 6.81. The molecular formula is C27H27N3O3. The van der Waals surface area contributed by atoms with Crippen molar-refractivity contribution in [3.63, 3.8) is 0 Å². The summed E-state index contributed by atoms with van der Waals surface area (Å²) in [5, 5.41) is 12.4. The monoisotopic (exact) mass is 441 g/mol. The summed E-state index contributed by atoms with van der Waals surface area (Å²) in [6.07, 6.45) is 1.60. The Balaban J connectivity index is 1.88. The van der Waals surface area contributed by atoms with E-state index in [9.17, 15) is 14.9 Å². The highest BCUT2D eigenvalue weighted by Crippen LogP contribution is 2.24. The summed E-state index contributed by atoms with van der Waals surface area (Å²) in [6, 6.07) is 16.7. The van der Waals surface area contributed by atoms with Gasteiger partial charge in [-0.3, -0.25) is 4.79 Å². The largest absolute Gasteiger partial charge is 0.462 e. The molecule has 168 valence electrons. The number of nitrogens with zero attached hydrogens (tertiary/aromatic N) is 2. The molecule has 33 heavy (non-hydrogen) atoms. The Bertz CT molecular complexity index is 1280. The molecule has 0 aliphatic carbocycles. The van der Waals surface area contributed by atoms with Crippen LogP contribution >= 0.6 is 0 Å². The number of rotatable bonds is 6. The standard InChI is InChI=1S/C27H27N3O3/c1-6-33-27(32)21-8-11-25(12-9-21)30-19(4)14-22(20(30)5)15-23(16-28)26(31)29-24-10-7-17(2)18(3)13-24/h7-15H,6H2,1-5H3,(H,29,31). The number of esters is 1. The lowest BCUT2D eigenvalue weighted by atomic mass is 10.1. The van der Waals surface area contributed by atoms with Crippen LogP contribution < -0.4 is 5.32 Å². The van der Waals surface area contributed by atoms with Crippen molar-refractivity contribution in [2.45, 2.75) is 34.6 Å². The van der Waals surface area contributed by atoms with Gasteiger partial charge in [-0.1, -0.05) is 6.07 Å². The zero-order valence-electron chi connectivity index (χ0n) is 19.5. The molecule has 0 radical (unpaired) electrons. The van der Waals surface area contributed by atoms with Crippen molar-refractivity contribution in [3.8, 4) is 11.8 Å². The molecule has 1 heterocycles. The van der Waals surface area contributed by atoms with E-state index in [0.29, 0.717) is 17.9 Å². The maximum Gasteiger partial charge on any atom is 0.338 e. The first-order chi connectivity index (χ1) is 15.7. The maximum absolute atomic E-state index is 12.7. The molecule has 6 heteroatoms. The van der Waals surface area contributed by atoms with Crippen molar-refractivity contribution < 1.29 is 14.3 Å². The highest BCUT2D eigenvalue weighted by molar-refractivity contribution is 6.09. The summed E-state index contributed by atoms with van der Waals surface area (Å²) in [6.45, 7) is 9.94. The smallest absolute Gasteiger partial charge is 0.338 e. The van der Waals surface area contributed by atoms with Gasteiger partial charge in [-0.25, -0.2) is 4.79 Å². The second-order valence-electron chi connectivity index (χ2n) is 7.85. The Morgan fingerprint density at radius 2 is 1.73 bits per heavy atom. The molecule has 2 aromatic carbocycles. The quantitative estimate of drug-likeness (QED) is 0.314. The maximum atomic E-state index is 12.7. The van der Waals surface area contributed by atoms with Gasteiger partial charge in [0.2, 0.25) is 0 Å². The van der Waals surface area contributed by atoms with Crippen molar-refractivity contribution in [2.75, 3.05) is 11.9 Å². The van der Waals surface area contributed by atoms with Gasteiger partial charge >= 0.3 is 5.97 Å². The predicted octanol–water partition coefficient (Wildman–Crippen LogP) is 5.43. The molecule has 0 aliphatic rings. The van der Waals surface area contributed by atoms with E-state index >= 15 is 0 Å². The number of benzene rings is 2. The van der Waals surface area contributed by atoms with Crippen LogP contribution in [0.25, 0.3) is 11.8 Å². The van der Waals surface area contributed by atoms with Gasteiger partial charge in [0.25, 0.3) is 5.91 Å². The number of ether oxygens (including phenoxy) is 1. The predicted molar refractivity (Wildman–Crippen MR) is 129 cm³/mol. The van der Waals surface area contributed by atoms with E-state index in [0.717, 1.165) is 33.8 Å². The number of aromatic nitrogens is 1. The van der Waals surface area contributed by atoms with Crippen LogP contribution in [0.5, 0.6) is 0 Å². The van der Waals surface area contributed by atoms with E-state index in [1.54, 1.807) is 25.1 Å². The van der Waals surface area contributed by atoms with E-state index in [1.807, 2.05) is 74.7 Å². The molecule has 0 saturated heterocycles. The first kappa shape index (κ1) is 23.6. The van der Waals surface area contributed by atoms with Crippen molar-refractivity contribution in [3.05, 3.63) is 87.7 Å². The number of carbonyl (C=O) groups excluding carboxylic acids is 2. The Morgan fingerprint density at radius 3 is 2.33 bits per heavy atom. The molecule has 1 aromatic heterocycles. The number of aryl methyl sites for hydroxylation is 3. The zero-order valence-corrected chi connectivity index (χ0v) is 19.5. The van der Waals surface area contributed by atoms with Gasteiger partial charge in [-0.15, -0.1) is 0 Å². The van der Waals surface area contributed by atoms with Crippen LogP contribution in [0.3, 0.4) is 0 Å². The van der Waals surface area contributed by atoms with Gasteiger partial charge in [0.15, 0.2) is 0 Å². The van der Waals surface area contributed by atoms with E-state index in [4.69, 9.17) is 4.74 Å². The number of carbonyl (C=O) groups is 2. The van der Waals surface area contributed by atoms with Crippen LogP contribution in [0.4, 0.5) is 5.69 Å². The molecule has 1 amide bonds. The number of nitriles is 1. The van der Waals surface area contributed by atoms with Gasteiger partial charge < -0.3 is 14.6 Å².